The van der Waals surface area contributed by atoms with Gasteiger partial charge in [0.2, 0.25) is 0 Å². The largest absolute Gasteiger partial charge is 0.313 e. The van der Waals surface area contributed by atoms with Crippen LogP contribution in [0.1, 0.15) is 22.7 Å². The predicted octanol–water partition coefficient (Wildman–Crippen LogP) is 4.54. The van der Waals surface area contributed by atoms with Crippen molar-refractivity contribution in [2.24, 2.45) is 0 Å². The maximum Gasteiger partial charge on any atom is 0.162 e. The van der Waals surface area contributed by atoms with E-state index in [1.54, 1.807) is 6.07 Å². The molecule has 106 valence electrons. The molecule has 0 heterocycles. The highest BCUT2D eigenvalue weighted by atomic mass is 79.9. The van der Waals surface area contributed by atoms with Crippen molar-refractivity contribution in [1.82, 2.24) is 5.32 Å². The van der Waals surface area contributed by atoms with Crippen molar-refractivity contribution in [2.75, 3.05) is 7.05 Å². The summed E-state index contributed by atoms with van der Waals surface area (Å²) in [6.45, 7) is 2.00. The van der Waals surface area contributed by atoms with Crippen LogP contribution in [0.15, 0.2) is 40.9 Å². The molecule has 0 aromatic heterocycles. The third kappa shape index (κ3) is 3.25. The van der Waals surface area contributed by atoms with E-state index in [0.29, 0.717) is 12.0 Å². The van der Waals surface area contributed by atoms with Gasteiger partial charge < -0.3 is 5.32 Å². The van der Waals surface area contributed by atoms with Gasteiger partial charge in [0, 0.05) is 10.5 Å². The SMILES string of the molecule is CNC(Cc1cccc(F)c1F)c1ccc(Br)c(C)c1. The van der Waals surface area contributed by atoms with Crippen LogP contribution >= 0.6 is 15.9 Å². The number of benzene rings is 2. The summed E-state index contributed by atoms with van der Waals surface area (Å²) in [5.41, 5.74) is 2.55. The van der Waals surface area contributed by atoms with Crippen LogP contribution in [0.25, 0.3) is 0 Å². The Bertz CT molecular complexity index is 613. The summed E-state index contributed by atoms with van der Waals surface area (Å²) in [6, 6.07) is 10.2. The van der Waals surface area contributed by atoms with Crippen LogP contribution in [-0.2, 0) is 6.42 Å². The number of halogens is 3. The highest BCUT2D eigenvalue weighted by Gasteiger charge is 2.15. The van der Waals surface area contributed by atoms with Gasteiger partial charge in [0.05, 0.1) is 0 Å². The van der Waals surface area contributed by atoms with Gasteiger partial charge >= 0.3 is 0 Å². The lowest BCUT2D eigenvalue weighted by molar-refractivity contribution is 0.487. The maximum absolute atomic E-state index is 13.7. The van der Waals surface area contributed by atoms with Gasteiger partial charge in [-0.2, -0.15) is 0 Å². The molecule has 1 atom stereocenters. The Morgan fingerprint density at radius 2 is 1.95 bits per heavy atom. The Kier molecular flexibility index (Phi) is 4.89. The lowest BCUT2D eigenvalue weighted by Crippen LogP contribution is -2.19. The van der Waals surface area contributed by atoms with Crippen molar-refractivity contribution in [3.8, 4) is 0 Å². The summed E-state index contributed by atoms with van der Waals surface area (Å²) in [6.07, 6.45) is 0.404. The van der Waals surface area contributed by atoms with Crippen LogP contribution in [0.2, 0.25) is 0 Å². The topological polar surface area (TPSA) is 12.0 Å². The monoisotopic (exact) mass is 339 g/mol. The van der Waals surface area contributed by atoms with E-state index in [4.69, 9.17) is 0 Å². The Labute approximate surface area is 126 Å². The molecule has 0 radical (unpaired) electrons. The third-order valence-corrected chi connectivity index (χ3v) is 4.28. The summed E-state index contributed by atoms with van der Waals surface area (Å²) in [5, 5.41) is 3.16. The summed E-state index contributed by atoms with van der Waals surface area (Å²) in [5.74, 6) is -1.56. The molecule has 0 amide bonds. The first kappa shape index (κ1) is 15.1. The average Bonchev–Trinajstić information content (AvgIpc) is 2.44. The van der Waals surface area contributed by atoms with Gasteiger partial charge in [0.15, 0.2) is 11.6 Å². The van der Waals surface area contributed by atoms with Gasteiger partial charge in [-0.15, -0.1) is 0 Å². The fourth-order valence-corrected chi connectivity index (χ4v) is 2.44. The van der Waals surface area contributed by atoms with Crippen LogP contribution in [0.4, 0.5) is 8.78 Å². The van der Waals surface area contributed by atoms with Gasteiger partial charge in [-0.25, -0.2) is 8.78 Å². The van der Waals surface area contributed by atoms with Crippen LogP contribution in [0.5, 0.6) is 0 Å². The van der Waals surface area contributed by atoms with Crippen molar-refractivity contribution < 1.29 is 8.78 Å². The second kappa shape index (κ2) is 6.46. The van der Waals surface area contributed by atoms with E-state index in [1.807, 2.05) is 32.2 Å². The second-order valence-corrected chi connectivity index (χ2v) is 5.62. The smallest absolute Gasteiger partial charge is 0.162 e. The number of aryl methyl sites for hydroxylation is 1. The number of hydrogen-bond acceptors (Lipinski definition) is 1. The van der Waals surface area contributed by atoms with E-state index in [9.17, 15) is 8.78 Å². The Hall–Kier alpha value is -1.26. The van der Waals surface area contributed by atoms with Gasteiger partial charge in [-0.3, -0.25) is 0 Å². The molecular formula is C16H16BrF2N. The summed E-state index contributed by atoms with van der Waals surface area (Å²) >= 11 is 3.46. The highest BCUT2D eigenvalue weighted by Crippen LogP contribution is 2.25. The maximum atomic E-state index is 13.7. The molecule has 0 aliphatic carbocycles. The molecule has 1 N–H and O–H groups in total. The normalized spacial score (nSPS) is 12.4. The van der Waals surface area contributed by atoms with Crippen LogP contribution in [0, 0.1) is 18.6 Å². The first-order valence-electron chi connectivity index (χ1n) is 6.39. The molecular weight excluding hydrogens is 324 g/mol. The molecule has 0 saturated heterocycles. The van der Waals surface area contributed by atoms with Crippen LogP contribution in [-0.4, -0.2) is 7.05 Å². The number of likely N-dealkylation sites (N-methyl/N-ethyl adjacent to an activating group) is 1. The zero-order valence-corrected chi connectivity index (χ0v) is 13.0. The van der Waals surface area contributed by atoms with E-state index in [0.717, 1.165) is 21.7 Å². The zero-order valence-electron chi connectivity index (χ0n) is 11.4. The molecule has 1 nitrogen and oxygen atoms in total. The molecule has 2 aromatic carbocycles. The van der Waals surface area contributed by atoms with Crippen molar-refractivity contribution >= 4 is 15.9 Å². The molecule has 2 aromatic rings. The minimum atomic E-state index is -0.802. The van der Waals surface area contributed by atoms with E-state index in [2.05, 4.69) is 21.2 Å². The minimum absolute atomic E-state index is 0.0573. The van der Waals surface area contributed by atoms with Gasteiger partial charge in [-0.05, 0) is 49.2 Å². The first-order chi connectivity index (χ1) is 9.52. The van der Waals surface area contributed by atoms with Gasteiger partial charge in [0.1, 0.15) is 0 Å². The molecule has 4 heteroatoms. The number of nitrogens with one attached hydrogen (secondary N) is 1. The minimum Gasteiger partial charge on any atom is -0.313 e. The summed E-state index contributed by atoms with van der Waals surface area (Å²) in [7, 11) is 1.82. The molecule has 1 unspecified atom stereocenters. The summed E-state index contributed by atoms with van der Waals surface area (Å²) in [4.78, 5) is 0. The lowest BCUT2D eigenvalue weighted by atomic mass is 9.97. The molecule has 0 aliphatic rings. The van der Waals surface area contributed by atoms with E-state index in [1.165, 1.54) is 6.07 Å². The molecule has 0 aliphatic heterocycles. The van der Waals surface area contributed by atoms with E-state index >= 15 is 0 Å². The van der Waals surface area contributed by atoms with Gasteiger partial charge in [0.25, 0.3) is 0 Å². The number of hydrogen-bond donors (Lipinski definition) is 1. The Morgan fingerprint density at radius 1 is 1.20 bits per heavy atom. The molecule has 0 saturated carbocycles. The summed E-state index contributed by atoms with van der Waals surface area (Å²) < 4.78 is 28.0. The average molecular weight is 340 g/mol. The van der Waals surface area contributed by atoms with Crippen LogP contribution in [0.3, 0.4) is 0 Å². The van der Waals surface area contributed by atoms with Crippen LogP contribution < -0.4 is 5.32 Å². The number of rotatable bonds is 4. The molecule has 0 fully saturated rings. The predicted molar refractivity (Wildman–Crippen MR) is 80.7 cm³/mol. The van der Waals surface area contributed by atoms with Gasteiger partial charge in [-0.1, -0.05) is 40.2 Å². The van der Waals surface area contributed by atoms with Crippen molar-refractivity contribution in [3.05, 3.63) is 69.2 Å². The quantitative estimate of drug-likeness (QED) is 0.862. The van der Waals surface area contributed by atoms with Crippen molar-refractivity contribution in [1.29, 1.82) is 0 Å². The standard InChI is InChI=1S/C16H16BrF2N/c1-10-8-11(6-7-13(10)17)15(20-2)9-12-4-3-5-14(18)16(12)19/h3-8,15,20H,9H2,1-2H3. The zero-order chi connectivity index (χ0) is 14.7. The van der Waals surface area contributed by atoms with E-state index < -0.39 is 11.6 Å². The fraction of sp³-hybridized carbons (Fsp3) is 0.250. The van der Waals surface area contributed by atoms with Crippen molar-refractivity contribution in [3.63, 3.8) is 0 Å². The highest BCUT2D eigenvalue weighted by molar-refractivity contribution is 9.10. The second-order valence-electron chi connectivity index (χ2n) is 4.77. The lowest BCUT2D eigenvalue weighted by Gasteiger charge is -2.18. The third-order valence-electron chi connectivity index (χ3n) is 3.39. The molecule has 2 rings (SSSR count). The van der Waals surface area contributed by atoms with E-state index in [-0.39, 0.29) is 6.04 Å². The van der Waals surface area contributed by atoms with Crippen molar-refractivity contribution in [2.45, 2.75) is 19.4 Å². The molecule has 0 spiro atoms. The molecule has 0 bridgehead atoms. The Morgan fingerprint density at radius 3 is 2.60 bits per heavy atom. The first-order valence-corrected chi connectivity index (χ1v) is 7.18. The Balaban J connectivity index is 2.28. The molecule has 20 heavy (non-hydrogen) atoms. The fourth-order valence-electron chi connectivity index (χ4n) is 2.20.